The quantitative estimate of drug-likeness (QED) is 0.566. The molecule has 0 spiro atoms. The van der Waals surface area contributed by atoms with Crippen LogP contribution >= 0.6 is 0 Å². The second kappa shape index (κ2) is 8.59. The highest BCUT2D eigenvalue weighted by Gasteiger charge is 2.37. The molecule has 0 radical (unpaired) electrons. The van der Waals surface area contributed by atoms with Crippen LogP contribution in [0.4, 0.5) is 17.1 Å². The van der Waals surface area contributed by atoms with Gasteiger partial charge in [0, 0.05) is 25.1 Å². The normalized spacial score (nSPS) is 15.9. The fourth-order valence-corrected chi connectivity index (χ4v) is 3.21. The molecular formula is C20H21N3O6. The number of ether oxygens (including phenoxy) is 2. The van der Waals surface area contributed by atoms with E-state index in [-0.39, 0.29) is 30.2 Å². The number of benzene rings is 2. The van der Waals surface area contributed by atoms with Crippen LogP contribution in [0.3, 0.4) is 0 Å². The van der Waals surface area contributed by atoms with E-state index in [0.29, 0.717) is 23.8 Å². The van der Waals surface area contributed by atoms with Crippen molar-refractivity contribution in [2.24, 2.45) is 5.92 Å². The number of methoxy groups -OCH3 is 1. The number of nitrogens with zero attached hydrogens (tertiary/aromatic N) is 2. The molecule has 9 heteroatoms. The van der Waals surface area contributed by atoms with Gasteiger partial charge in [0.05, 0.1) is 30.2 Å². The molecule has 152 valence electrons. The molecule has 1 heterocycles. The van der Waals surface area contributed by atoms with Crippen LogP contribution < -0.4 is 19.7 Å². The number of nitrogens with one attached hydrogen (secondary N) is 1. The first-order chi connectivity index (χ1) is 13.9. The molecule has 29 heavy (non-hydrogen) atoms. The van der Waals surface area contributed by atoms with Crippen LogP contribution in [-0.2, 0) is 9.59 Å². The van der Waals surface area contributed by atoms with Crippen molar-refractivity contribution < 1.29 is 24.0 Å². The van der Waals surface area contributed by atoms with Crippen molar-refractivity contribution in [3.05, 3.63) is 52.6 Å². The van der Waals surface area contributed by atoms with Gasteiger partial charge in [-0.3, -0.25) is 19.7 Å². The first-order valence-electron chi connectivity index (χ1n) is 9.10. The van der Waals surface area contributed by atoms with Gasteiger partial charge in [-0.25, -0.2) is 0 Å². The molecule has 0 aromatic heterocycles. The average molecular weight is 399 g/mol. The Labute approximate surface area is 167 Å². The van der Waals surface area contributed by atoms with Crippen LogP contribution in [0.15, 0.2) is 42.5 Å². The number of hydrogen-bond acceptors (Lipinski definition) is 6. The summed E-state index contributed by atoms with van der Waals surface area (Å²) < 4.78 is 10.6. The Morgan fingerprint density at radius 2 is 2.07 bits per heavy atom. The summed E-state index contributed by atoms with van der Waals surface area (Å²) in [6.45, 7) is 2.45. The van der Waals surface area contributed by atoms with Crippen molar-refractivity contribution >= 4 is 28.9 Å². The molecule has 1 saturated heterocycles. The van der Waals surface area contributed by atoms with Crippen molar-refractivity contribution in [2.75, 3.05) is 30.5 Å². The highest BCUT2D eigenvalue weighted by Crippen LogP contribution is 2.34. The van der Waals surface area contributed by atoms with Crippen LogP contribution in [0.1, 0.15) is 13.3 Å². The molecule has 1 aliphatic heterocycles. The molecule has 1 fully saturated rings. The van der Waals surface area contributed by atoms with Gasteiger partial charge in [0.2, 0.25) is 11.8 Å². The van der Waals surface area contributed by atoms with Crippen molar-refractivity contribution in [1.29, 1.82) is 0 Å². The van der Waals surface area contributed by atoms with Crippen molar-refractivity contribution in [1.82, 2.24) is 0 Å². The standard InChI is InChI=1S/C20H21N3O6/c1-3-29-18-7-5-4-6-17(18)22-12-13(10-19(22)24)20(25)21-15-11-14(28-2)8-9-16(15)23(26)27/h4-9,11,13H,3,10,12H2,1-2H3,(H,21,25)/t13-/m0/s1. The van der Waals surface area contributed by atoms with Crippen molar-refractivity contribution in [3.8, 4) is 11.5 Å². The second-order valence-corrected chi connectivity index (χ2v) is 6.44. The first-order valence-corrected chi connectivity index (χ1v) is 9.10. The van der Waals surface area contributed by atoms with Gasteiger partial charge in [0.1, 0.15) is 17.2 Å². The van der Waals surface area contributed by atoms with E-state index in [1.807, 2.05) is 6.92 Å². The van der Waals surface area contributed by atoms with Gasteiger partial charge in [-0.2, -0.15) is 0 Å². The number of hydrogen-bond donors (Lipinski definition) is 1. The number of anilines is 2. The Kier molecular flexibility index (Phi) is 5.96. The van der Waals surface area contributed by atoms with E-state index in [9.17, 15) is 19.7 Å². The van der Waals surface area contributed by atoms with Gasteiger partial charge < -0.3 is 19.7 Å². The van der Waals surface area contributed by atoms with Crippen LogP contribution in [0.2, 0.25) is 0 Å². The third-order valence-corrected chi connectivity index (χ3v) is 4.61. The minimum Gasteiger partial charge on any atom is -0.497 e. The van der Waals surface area contributed by atoms with E-state index in [0.717, 1.165) is 0 Å². The zero-order chi connectivity index (χ0) is 21.0. The Morgan fingerprint density at radius 3 is 2.76 bits per heavy atom. The van der Waals surface area contributed by atoms with Gasteiger partial charge in [0.15, 0.2) is 0 Å². The molecule has 1 atom stereocenters. The maximum Gasteiger partial charge on any atom is 0.293 e. The summed E-state index contributed by atoms with van der Waals surface area (Å²) in [6.07, 6.45) is 0.00403. The third kappa shape index (κ3) is 4.29. The zero-order valence-electron chi connectivity index (χ0n) is 16.1. The largest absolute Gasteiger partial charge is 0.497 e. The Bertz CT molecular complexity index is 946. The fourth-order valence-electron chi connectivity index (χ4n) is 3.21. The number of carbonyl (C=O) groups excluding carboxylic acids is 2. The predicted octanol–water partition coefficient (Wildman–Crippen LogP) is 2.99. The summed E-state index contributed by atoms with van der Waals surface area (Å²) in [7, 11) is 1.43. The van der Waals surface area contributed by atoms with E-state index in [1.165, 1.54) is 30.2 Å². The molecule has 9 nitrogen and oxygen atoms in total. The molecule has 0 unspecified atom stereocenters. The van der Waals surface area contributed by atoms with Gasteiger partial charge >= 0.3 is 0 Å². The highest BCUT2D eigenvalue weighted by atomic mass is 16.6. The number of amides is 2. The number of para-hydroxylation sites is 2. The maximum atomic E-state index is 12.7. The second-order valence-electron chi connectivity index (χ2n) is 6.44. The topological polar surface area (TPSA) is 111 Å². The lowest BCUT2D eigenvalue weighted by molar-refractivity contribution is -0.383. The van der Waals surface area contributed by atoms with E-state index in [4.69, 9.17) is 9.47 Å². The maximum absolute atomic E-state index is 12.7. The number of rotatable bonds is 7. The van der Waals surface area contributed by atoms with Crippen LogP contribution in [0.5, 0.6) is 11.5 Å². The molecule has 0 saturated carbocycles. The Balaban J connectivity index is 1.79. The summed E-state index contributed by atoms with van der Waals surface area (Å²) in [5, 5.41) is 13.8. The van der Waals surface area contributed by atoms with Gasteiger partial charge in [0.25, 0.3) is 5.69 Å². The predicted molar refractivity (Wildman–Crippen MR) is 106 cm³/mol. The Morgan fingerprint density at radius 1 is 1.31 bits per heavy atom. The molecular weight excluding hydrogens is 378 g/mol. The fraction of sp³-hybridized carbons (Fsp3) is 0.300. The summed E-state index contributed by atoms with van der Waals surface area (Å²) in [4.78, 5) is 37.4. The summed E-state index contributed by atoms with van der Waals surface area (Å²) >= 11 is 0. The number of nitro benzene ring substituents is 1. The van der Waals surface area contributed by atoms with E-state index in [2.05, 4.69) is 5.32 Å². The van der Waals surface area contributed by atoms with Crippen LogP contribution in [0, 0.1) is 16.0 Å². The van der Waals surface area contributed by atoms with E-state index < -0.39 is 16.7 Å². The number of nitro groups is 1. The molecule has 1 aliphatic rings. The average Bonchev–Trinajstić information content (AvgIpc) is 3.10. The van der Waals surface area contributed by atoms with Crippen molar-refractivity contribution in [3.63, 3.8) is 0 Å². The SMILES string of the molecule is CCOc1ccccc1N1C[C@@H](C(=O)Nc2cc(OC)ccc2[N+](=O)[O-])CC1=O. The monoisotopic (exact) mass is 399 g/mol. The minimum atomic E-state index is -0.650. The Hall–Kier alpha value is -3.62. The molecule has 2 aromatic carbocycles. The van der Waals surface area contributed by atoms with E-state index >= 15 is 0 Å². The van der Waals surface area contributed by atoms with Crippen molar-refractivity contribution in [2.45, 2.75) is 13.3 Å². The lowest BCUT2D eigenvalue weighted by atomic mass is 10.1. The molecule has 1 N–H and O–H groups in total. The molecule has 0 aliphatic carbocycles. The molecule has 0 bridgehead atoms. The number of carbonyl (C=O) groups is 2. The first kappa shape index (κ1) is 20.1. The summed E-state index contributed by atoms with van der Waals surface area (Å²) in [5.74, 6) is -0.389. The lowest BCUT2D eigenvalue weighted by Crippen LogP contribution is -2.28. The molecule has 2 aromatic rings. The highest BCUT2D eigenvalue weighted by molar-refractivity contribution is 6.04. The van der Waals surface area contributed by atoms with Gasteiger partial charge in [-0.1, -0.05) is 12.1 Å². The molecule has 3 rings (SSSR count). The minimum absolute atomic E-state index is 0.00403. The van der Waals surface area contributed by atoms with Crippen LogP contribution in [0.25, 0.3) is 0 Å². The molecule has 2 amide bonds. The van der Waals surface area contributed by atoms with Crippen LogP contribution in [-0.4, -0.2) is 37.0 Å². The summed E-state index contributed by atoms with van der Waals surface area (Å²) in [5.41, 5.74) is 0.379. The summed E-state index contributed by atoms with van der Waals surface area (Å²) in [6, 6.07) is 11.2. The van der Waals surface area contributed by atoms with Gasteiger partial charge in [-0.15, -0.1) is 0 Å². The van der Waals surface area contributed by atoms with Gasteiger partial charge in [-0.05, 0) is 25.1 Å². The van der Waals surface area contributed by atoms with E-state index in [1.54, 1.807) is 24.3 Å². The smallest absolute Gasteiger partial charge is 0.293 e. The third-order valence-electron chi connectivity index (χ3n) is 4.61. The lowest BCUT2D eigenvalue weighted by Gasteiger charge is -2.20. The zero-order valence-corrected chi connectivity index (χ0v) is 16.1.